The summed E-state index contributed by atoms with van der Waals surface area (Å²) in [4.78, 5) is 28.8. The van der Waals surface area contributed by atoms with E-state index in [-0.39, 0.29) is 17.5 Å². The van der Waals surface area contributed by atoms with E-state index in [0.29, 0.717) is 23.6 Å². The summed E-state index contributed by atoms with van der Waals surface area (Å²) in [6.45, 7) is 10.5. The Morgan fingerprint density at radius 2 is 1.56 bits per heavy atom. The van der Waals surface area contributed by atoms with Crippen molar-refractivity contribution in [3.8, 4) is 5.75 Å². The first-order valence-corrected chi connectivity index (χ1v) is 11.6. The molecule has 0 saturated carbocycles. The summed E-state index contributed by atoms with van der Waals surface area (Å²) < 4.78 is 5.74. The lowest BCUT2D eigenvalue weighted by molar-refractivity contribution is -0.120. The van der Waals surface area contributed by atoms with Crippen LogP contribution in [0.4, 0.5) is 11.4 Å². The average Bonchev–Trinajstić information content (AvgIpc) is 3.04. The van der Waals surface area contributed by atoms with Crippen LogP contribution in [0, 0.1) is 27.7 Å². The topological polar surface area (TPSA) is 58.6 Å². The first-order chi connectivity index (χ1) is 16.3. The summed E-state index contributed by atoms with van der Waals surface area (Å²) >= 11 is 0. The summed E-state index contributed by atoms with van der Waals surface area (Å²) in [5.74, 6) is -0.102. The van der Waals surface area contributed by atoms with Crippen LogP contribution in [0.25, 0.3) is 5.57 Å². The van der Waals surface area contributed by atoms with Gasteiger partial charge in [-0.25, -0.2) is 4.90 Å². The minimum atomic E-state index is -0.381. The van der Waals surface area contributed by atoms with Gasteiger partial charge in [0.1, 0.15) is 11.4 Å². The van der Waals surface area contributed by atoms with Crippen molar-refractivity contribution in [3.05, 3.63) is 94.2 Å². The third kappa shape index (κ3) is 4.46. The predicted octanol–water partition coefficient (Wildman–Crippen LogP) is 6.11. The number of nitrogens with one attached hydrogen (secondary N) is 1. The van der Waals surface area contributed by atoms with Gasteiger partial charge in [-0.15, -0.1) is 0 Å². The zero-order valence-electron chi connectivity index (χ0n) is 20.4. The molecule has 0 bridgehead atoms. The van der Waals surface area contributed by atoms with Crippen molar-refractivity contribution in [1.82, 2.24) is 0 Å². The van der Waals surface area contributed by atoms with Crippen LogP contribution in [-0.2, 0) is 9.59 Å². The van der Waals surface area contributed by atoms with E-state index in [9.17, 15) is 9.59 Å². The van der Waals surface area contributed by atoms with Crippen LogP contribution in [0.5, 0.6) is 5.75 Å². The molecule has 0 spiro atoms. The Hall–Kier alpha value is -3.86. The lowest BCUT2D eigenvalue weighted by Crippen LogP contribution is -2.32. The number of benzene rings is 3. The number of imide groups is 1. The Labute approximate surface area is 201 Å². The number of amides is 2. The highest BCUT2D eigenvalue weighted by molar-refractivity contribution is 6.46. The molecule has 1 N–H and O–H groups in total. The number of aryl methyl sites for hydroxylation is 4. The molecule has 0 fully saturated rings. The Morgan fingerprint density at radius 1 is 0.824 bits per heavy atom. The molecule has 1 heterocycles. The second-order valence-electron chi connectivity index (χ2n) is 8.80. The van der Waals surface area contributed by atoms with Gasteiger partial charge in [0.05, 0.1) is 17.9 Å². The SMILES string of the molecule is CCCOc1cccc(N2C(=O)C(Nc3cc(C)ccc3C)=C(c3ccc(C)cc3C)C2=O)c1. The molecule has 4 rings (SSSR count). The van der Waals surface area contributed by atoms with E-state index in [1.54, 1.807) is 18.2 Å². The van der Waals surface area contributed by atoms with E-state index >= 15 is 0 Å². The molecule has 0 radical (unpaired) electrons. The second-order valence-corrected chi connectivity index (χ2v) is 8.80. The maximum Gasteiger partial charge on any atom is 0.282 e. The third-order valence-corrected chi connectivity index (χ3v) is 5.94. The molecule has 1 aliphatic rings. The molecular weight excluding hydrogens is 424 g/mol. The number of hydrogen-bond donors (Lipinski definition) is 1. The van der Waals surface area contributed by atoms with Crippen molar-refractivity contribution in [3.63, 3.8) is 0 Å². The van der Waals surface area contributed by atoms with Crippen LogP contribution in [0.1, 0.15) is 41.2 Å². The molecule has 0 unspecified atom stereocenters. The van der Waals surface area contributed by atoms with E-state index in [2.05, 4.69) is 5.32 Å². The van der Waals surface area contributed by atoms with Gasteiger partial charge in [-0.05, 0) is 74.6 Å². The molecule has 0 aromatic heterocycles. The van der Waals surface area contributed by atoms with E-state index < -0.39 is 0 Å². The van der Waals surface area contributed by atoms with Crippen LogP contribution >= 0.6 is 0 Å². The Bertz CT molecular complexity index is 1310. The Kier molecular flexibility index (Phi) is 6.55. The minimum absolute atomic E-state index is 0.283. The Balaban J connectivity index is 1.83. The van der Waals surface area contributed by atoms with Crippen molar-refractivity contribution in [2.45, 2.75) is 41.0 Å². The first-order valence-electron chi connectivity index (χ1n) is 11.6. The monoisotopic (exact) mass is 454 g/mol. The molecule has 174 valence electrons. The first kappa shape index (κ1) is 23.3. The van der Waals surface area contributed by atoms with Crippen LogP contribution in [0.2, 0.25) is 0 Å². The molecule has 34 heavy (non-hydrogen) atoms. The molecule has 2 amide bonds. The molecule has 0 saturated heterocycles. The standard InChI is InChI=1S/C29H30N2O3/c1-6-14-34-23-9-7-8-22(17-23)31-28(32)26(24-13-11-18(2)15-21(24)5)27(29(31)33)30-25-16-19(3)10-12-20(25)4/h7-13,15-17,30H,6,14H2,1-5H3. The van der Waals surface area contributed by atoms with Crippen molar-refractivity contribution >= 4 is 28.8 Å². The van der Waals surface area contributed by atoms with Gasteiger partial charge in [-0.3, -0.25) is 9.59 Å². The van der Waals surface area contributed by atoms with E-state index in [4.69, 9.17) is 4.74 Å². The molecule has 5 heteroatoms. The van der Waals surface area contributed by atoms with Gasteiger partial charge >= 0.3 is 0 Å². The molecule has 3 aromatic carbocycles. The molecule has 1 aliphatic heterocycles. The van der Waals surface area contributed by atoms with E-state index in [1.165, 1.54) is 4.90 Å². The van der Waals surface area contributed by atoms with Crippen LogP contribution < -0.4 is 15.0 Å². The zero-order chi connectivity index (χ0) is 24.4. The number of anilines is 2. The number of carbonyl (C=O) groups is 2. The highest BCUT2D eigenvalue weighted by Crippen LogP contribution is 2.36. The summed E-state index contributed by atoms with van der Waals surface area (Å²) in [5, 5.41) is 3.31. The normalized spacial score (nSPS) is 13.6. The smallest absolute Gasteiger partial charge is 0.282 e. The van der Waals surface area contributed by atoms with Crippen LogP contribution in [-0.4, -0.2) is 18.4 Å². The Morgan fingerprint density at radius 3 is 2.29 bits per heavy atom. The lowest BCUT2D eigenvalue weighted by atomic mass is 9.97. The van der Waals surface area contributed by atoms with Crippen LogP contribution in [0.3, 0.4) is 0 Å². The van der Waals surface area contributed by atoms with E-state index in [0.717, 1.165) is 39.9 Å². The highest BCUT2D eigenvalue weighted by atomic mass is 16.5. The molecule has 0 aliphatic carbocycles. The fraction of sp³-hybridized carbons (Fsp3) is 0.241. The highest BCUT2D eigenvalue weighted by Gasteiger charge is 2.41. The van der Waals surface area contributed by atoms with Crippen molar-refractivity contribution < 1.29 is 14.3 Å². The number of carbonyl (C=O) groups excluding carboxylic acids is 2. The van der Waals surface area contributed by atoms with Crippen LogP contribution in [0.15, 0.2) is 66.4 Å². The number of rotatable bonds is 7. The van der Waals surface area contributed by atoms with Gasteiger partial charge in [-0.2, -0.15) is 0 Å². The van der Waals surface area contributed by atoms with Crippen molar-refractivity contribution in [2.75, 3.05) is 16.8 Å². The largest absolute Gasteiger partial charge is 0.494 e. The quantitative estimate of drug-likeness (QED) is 0.438. The van der Waals surface area contributed by atoms with Gasteiger partial charge in [0.25, 0.3) is 11.8 Å². The molecular formula is C29H30N2O3. The van der Waals surface area contributed by atoms with Crippen molar-refractivity contribution in [2.24, 2.45) is 0 Å². The lowest BCUT2D eigenvalue weighted by Gasteiger charge is -2.17. The fourth-order valence-corrected chi connectivity index (χ4v) is 4.16. The second kappa shape index (κ2) is 9.56. The number of nitrogens with zero attached hydrogens (tertiary/aromatic N) is 1. The third-order valence-electron chi connectivity index (χ3n) is 5.94. The van der Waals surface area contributed by atoms with Gasteiger partial charge < -0.3 is 10.1 Å². The average molecular weight is 455 g/mol. The molecule has 5 nitrogen and oxygen atoms in total. The molecule has 0 atom stereocenters. The maximum absolute atomic E-state index is 13.8. The number of hydrogen-bond acceptors (Lipinski definition) is 4. The van der Waals surface area contributed by atoms with Crippen molar-refractivity contribution in [1.29, 1.82) is 0 Å². The molecule has 3 aromatic rings. The minimum Gasteiger partial charge on any atom is -0.494 e. The van der Waals surface area contributed by atoms with Gasteiger partial charge in [0.2, 0.25) is 0 Å². The van der Waals surface area contributed by atoms with Gasteiger partial charge in [0.15, 0.2) is 0 Å². The summed E-state index contributed by atoms with van der Waals surface area (Å²) in [7, 11) is 0. The summed E-state index contributed by atoms with van der Waals surface area (Å²) in [5.41, 5.74) is 6.80. The van der Waals surface area contributed by atoms with Gasteiger partial charge in [-0.1, -0.05) is 48.9 Å². The van der Waals surface area contributed by atoms with Gasteiger partial charge in [0, 0.05) is 11.8 Å². The predicted molar refractivity (Wildman–Crippen MR) is 137 cm³/mol. The van der Waals surface area contributed by atoms with E-state index in [1.807, 2.05) is 77.1 Å². The number of ether oxygens (including phenoxy) is 1. The summed E-state index contributed by atoms with van der Waals surface area (Å²) in [6.07, 6.45) is 0.869. The maximum atomic E-state index is 13.8. The summed E-state index contributed by atoms with van der Waals surface area (Å²) in [6, 6.07) is 19.1. The fourth-order valence-electron chi connectivity index (χ4n) is 4.16. The zero-order valence-corrected chi connectivity index (χ0v) is 20.4.